The summed E-state index contributed by atoms with van der Waals surface area (Å²) in [6.07, 6.45) is 5.25. The molecule has 3 heterocycles. The van der Waals surface area contributed by atoms with Gasteiger partial charge in [-0.1, -0.05) is 0 Å². The lowest BCUT2D eigenvalue weighted by Gasteiger charge is -2.06. The Morgan fingerprint density at radius 1 is 1.28 bits per heavy atom. The van der Waals surface area contributed by atoms with Crippen molar-refractivity contribution in [2.24, 2.45) is 0 Å². The Balaban J connectivity index is 2.28. The van der Waals surface area contributed by atoms with E-state index in [1.165, 1.54) is 0 Å². The average molecular weight is 239 g/mol. The van der Waals surface area contributed by atoms with Gasteiger partial charge in [-0.15, -0.1) is 0 Å². The Labute approximate surface area is 104 Å². The van der Waals surface area contributed by atoms with Gasteiger partial charge < -0.3 is 10.3 Å². The summed E-state index contributed by atoms with van der Waals surface area (Å²) in [4.78, 5) is 12.7. The van der Waals surface area contributed by atoms with Gasteiger partial charge in [-0.2, -0.15) is 0 Å². The van der Waals surface area contributed by atoms with Crippen LogP contribution in [-0.4, -0.2) is 19.5 Å². The predicted octanol–water partition coefficient (Wildman–Crippen LogP) is 2.10. The van der Waals surface area contributed by atoms with E-state index in [0.717, 1.165) is 29.0 Å². The maximum atomic E-state index is 5.72. The van der Waals surface area contributed by atoms with Gasteiger partial charge in [-0.05, 0) is 25.1 Å². The molecule has 5 nitrogen and oxygen atoms in total. The highest BCUT2D eigenvalue weighted by molar-refractivity contribution is 5.80. The first-order valence-corrected chi connectivity index (χ1v) is 5.81. The van der Waals surface area contributed by atoms with Crippen LogP contribution < -0.4 is 5.73 Å². The topological polar surface area (TPSA) is 69.6 Å². The number of hydrogen-bond acceptors (Lipinski definition) is 4. The van der Waals surface area contributed by atoms with Crippen molar-refractivity contribution in [2.75, 3.05) is 5.73 Å². The smallest absolute Gasteiger partial charge is 0.141 e. The van der Waals surface area contributed by atoms with E-state index in [1.54, 1.807) is 18.6 Å². The molecule has 0 fully saturated rings. The summed E-state index contributed by atoms with van der Waals surface area (Å²) in [5.41, 5.74) is 8.67. The number of rotatable bonds is 2. The summed E-state index contributed by atoms with van der Waals surface area (Å²) in [5, 5.41) is 0. The molecule has 18 heavy (non-hydrogen) atoms. The fraction of sp³-hybridized carbons (Fsp3) is 0.154. The monoisotopic (exact) mass is 239 g/mol. The zero-order valence-electron chi connectivity index (χ0n) is 10.0. The first-order valence-electron chi connectivity index (χ1n) is 5.81. The maximum Gasteiger partial charge on any atom is 0.141 e. The lowest BCUT2D eigenvalue weighted by Crippen LogP contribution is -1.98. The molecular weight excluding hydrogens is 226 g/mol. The maximum absolute atomic E-state index is 5.72. The molecule has 0 atom stereocenters. The molecule has 0 spiro atoms. The lowest BCUT2D eigenvalue weighted by molar-refractivity contribution is 0.796. The highest BCUT2D eigenvalue weighted by Crippen LogP contribution is 2.24. The summed E-state index contributed by atoms with van der Waals surface area (Å²) in [7, 11) is 0. The van der Waals surface area contributed by atoms with E-state index in [0.29, 0.717) is 5.82 Å². The standard InChI is InChI=1S/C13H13N5/c1-2-18-11-4-5-15-8-10(11)17-13(18)9-3-6-16-12(14)7-9/h3-8H,2H2,1H3,(H2,14,16). The van der Waals surface area contributed by atoms with Crippen LogP contribution in [0.1, 0.15) is 6.92 Å². The summed E-state index contributed by atoms with van der Waals surface area (Å²) in [5.74, 6) is 1.40. The Kier molecular flexibility index (Phi) is 2.44. The normalized spacial score (nSPS) is 10.9. The molecule has 0 aliphatic rings. The average Bonchev–Trinajstić information content (AvgIpc) is 2.77. The lowest BCUT2D eigenvalue weighted by atomic mass is 10.2. The van der Waals surface area contributed by atoms with Crippen LogP contribution in [0, 0.1) is 0 Å². The number of anilines is 1. The second kappa shape index (κ2) is 4.10. The molecule has 90 valence electrons. The van der Waals surface area contributed by atoms with Gasteiger partial charge in [0.05, 0.1) is 11.7 Å². The van der Waals surface area contributed by atoms with Crippen LogP contribution in [-0.2, 0) is 6.54 Å². The summed E-state index contributed by atoms with van der Waals surface area (Å²) in [6, 6.07) is 5.72. The van der Waals surface area contributed by atoms with E-state index < -0.39 is 0 Å². The second-order valence-corrected chi connectivity index (χ2v) is 4.01. The predicted molar refractivity (Wildman–Crippen MR) is 70.8 cm³/mol. The van der Waals surface area contributed by atoms with Crippen molar-refractivity contribution in [1.29, 1.82) is 0 Å². The Morgan fingerprint density at radius 2 is 2.17 bits per heavy atom. The van der Waals surface area contributed by atoms with Crippen LogP contribution in [0.2, 0.25) is 0 Å². The molecule has 0 saturated heterocycles. The number of imidazole rings is 1. The number of aryl methyl sites for hydroxylation is 1. The third kappa shape index (κ3) is 1.60. The number of nitrogens with zero attached hydrogens (tertiary/aromatic N) is 4. The van der Waals surface area contributed by atoms with Gasteiger partial charge >= 0.3 is 0 Å². The fourth-order valence-electron chi connectivity index (χ4n) is 2.11. The highest BCUT2D eigenvalue weighted by atomic mass is 15.1. The van der Waals surface area contributed by atoms with Gasteiger partial charge in [-0.25, -0.2) is 9.97 Å². The molecule has 3 rings (SSSR count). The molecule has 0 aromatic carbocycles. The minimum Gasteiger partial charge on any atom is -0.384 e. The van der Waals surface area contributed by atoms with E-state index in [9.17, 15) is 0 Å². The Morgan fingerprint density at radius 3 is 2.94 bits per heavy atom. The van der Waals surface area contributed by atoms with Crippen LogP contribution in [0.3, 0.4) is 0 Å². The number of nitrogen functional groups attached to an aromatic ring is 1. The molecule has 3 aromatic rings. The molecule has 0 unspecified atom stereocenters. The molecule has 0 amide bonds. The molecule has 0 aliphatic heterocycles. The van der Waals surface area contributed by atoms with Crippen LogP contribution in [0.25, 0.3) is 22.4 Å². The van der Waals surface area contributed by atoms with Gasteiger partial charge in [0.25, 0.3) is 0 Å². The molecule has 5 heteroatoms. The van der Waals surface area contributed by atoms with Crippen molar-refractivity contribution in [3.8, 4) is 11.4 Å². The number of aromatic nitrogens is 4. The van der Waals surface area contributed by atoms with Crippen molar-refractivity contribution in [2.45, 2.75) is 13.5 Å². The van der Waals surface area contributed by atoms with Crippen molar-refractivity contribution < 1.29 is 0 Å². The molecule has 3 aromatic heterocycles. The molecular formula is C13H13N5. The van der Waals surface area contributed by atoms with Crippen molar-refractivity contribution in [3.63, 3.8) is 0 Å². The molecule has 0 aliphatic carbocycles. The van der Waals surface area contributed by atoms with Crippen LogP contribution >= 0.6 is 0 Å². The first kappa shape index (κ1) is 10.7. The number of hydrogen-bond donors (Lipinski definition) is 1. The zero-order chi connectivity index (χ0) is 12.5. The first-order chi connectivity index (χ1) is 8.79. The van der Waals surface area contributed by atoms with E-state index in [1.807, 2.05) is 18.2 Å². The quantitative estimate of drug-likeness (QED) is 0.743. The summed E-state index contributed by atoms with van der Waals surface area (Å²) >= 11 is 0. The zero-order valence-corrected chi connectivity index (χ0v) is 10.0. The highest BCUT2D eigenvalue weighted by Gasteiger charge is 2.11. The van der Waals surface area contributed by atoms with Gasteiger partial charge in [0.2, 0.25) is 0 Å². The van der Waals surface area contributed by atoms with Crippen LogP contribution in [0.15, 0.2) is 36.8 Å². The van der Waals surface area contributed by atoms with Gasteiger partial charge in [0.1, 0.15) is 17.2 Å². The van der Waals surface area contributed by atoms with Crippen LogP contribution in [0.5, 0.6) is 0 Å². The van der Waals surface area contributed by atoms with E-state index in [4.69, 9.17) is 5.73 Å². The summed E-state index contributed by atoms with van der Waals surface area (Å²) in [6.45, 7) is 2.94. The summed E-state index contributed by atoms with van der Waals surface area (Å²) < 4.78 is 2.14. The van der Waals surface area contributed by atoms with Gasteiger partial charge in [0.15, 0.2) is 0 Å². The molecule has 0 radical (unpaired) electrons. The largest absolute Gasteiger partial charge is 0.384 e. The van der Waals surface area contributed by atoms with E-state index in [2.05, 4.69) is 26.4 Å². The van der Waals surface area contributed by atoms with Gasteiger partial charge in [0, 0.05) is 24.5 Å². The fourth-order valence-corrected chi connectivity index (χ4v) is 2.11. The third-order valence-corrected chi connectivity index (χ3v) is 2.91. The second-order valence-electron chi connectivity index (χ2n) is 4.01. The Hall–Kier alpha value is -2.43. The van der Waals surface area contributed by atoms with Gasteiger partial charge in [-0.3, -0.25) is 4.98 Å². The third-order valence-electron chi connectivity index (χ3n) is 2.91. The minimum absolute atomic E-state index is 0.500. The molecule has 0 saturated carbocycles. The van der Waals surface area contributed by atoms with Crippen LogP contribution in [0.4, 0.5) is 5.82 Å². The number of nitrogens with two attached hydrogens (primary N) is 1. The van der Waals surface area contributed by atoms with Crippen molar-refractivity contribution in [1.82, 2.24) is 19.5 Å². The molecule has 2 N–H and O–H groups in total. The van der Waals surface area contributed by atoms with E-state index >= 15 is 0 Å². The minimum atomic E-state index is 0.500. The Bertz CT molecular complexity index is 701. The van der Waals surface area contributed by atoms with Crippen molar-refractivity contribution in [3.05, 3.63) is 36.8 Å². The van der Waals surface area contributed by atoms with Crippen molar-refractivity contribution >= 4 is 16.9 Å². The number of pyridine rings is 2. The number of fused-ring (bicyclic) bond motifs is 1. The SMILES string of the molecule is CCn1c(-c2ccnc(N)c2)nc2cnccc21. The van der Waals surface area contributed by atoms with E-state index in [-0.39, 0.29) is 0 Å². The molecule has 0 bridgehead atoms.